The first-order valence-electron chi connectivity index (χ1n) is 8.78. The van der Waals surface area contributed by atoms with E-state index in [1.165, 1.54) is 0 Å². The van der Waals surface area contributed by atoms with E-state index < -0.39 is 23.2 Å². The third kappa shape index (κ3) is 2.37. The van der Waals surface area contributed by atoms with Gasteiger partial charge < -0.3 is 14.2 Å². The Labute approximate surface area is 145 Å². The van der Waals surface area contributed by atoms with E-state index in [-0.39, 0.29) is 24.0 Å². The highest BCUT2D eigenvalue weighted by atomic mass is 19.3. The highest BCUT2D eigenvalue weighted by molar-refractivity contribution is 5.92. The lowest BCUT2D eigenvalue weighted by Gasteiger charge is -2.35. The Morgan fingerprint density at radius 1 is 1.20 bits per heavy atom. The first-order chi connectivity index (χ1) is 12.0. The maximum Gasteiger partial charge on any atom is 0.341 e. The van der Waals surface area contributed by atoms with E-state index in [4.69, 9.17) is 14.2 Å². The lowest BCUT2D eigenvalue weighted by molar-refractivity contribution is -0.142. The summed E-state index contributed by atoms with van der Waals surface area (Å²) in [5.41, 5.74) is -0.851. The van der Waals surface area contributed by atoms with Gasteiger partial charge in [0.15, 0.2) is 0 Å². The molecule has 6 heteroatoms. The van der Waals surface area contributed by atoms with Crippen molar-refractivity contribution in [1.82, 2.24) is 0 Å². The molecule has 4 unspecified atom stereocenters. The molecule has 0 spiro atoms. The highest BCUT2D eigenvalue weighted by Crippen LogP contribution is 2.81. The summed E-state index contributed by atoms with van der Waals surface area (Å²) in [6.07, 6.45) is 2.01. The minimum absolute atomic E-state index is 0.00787. The molecule has 0 amide bonds. The molecule has 1 aromatic rings. The molecule has 25 heavy (non-hydrogen) atoms. The van der Waals surface area contributed by atoms with Crippen LogP contribution in [-0.4, -0.2) is 38.8 Å². The summed E-state index contributed by atoms with van der Waals surface area (Å²) in [7, 11) is 1.56. The van der Waals surface area contributed by atoms with E-state index in [1.807, 2.05) is 0 Å². The fourth-order valence-corrected chi connectivity index (χ4v) is 5.02. The van der Waals surface area contributed by atoms with Gasteiger partial charge in [-0.2, -0.15) is 0 Å². The number of carbonyl (C=O) groups is 1. The van der Waals surface area contributed by atoms with E-state index >= 15 is 0 Å². The number of fused-ring (bicyclic) bond motifs is 1. The number of alkyl halides is 2. The molecule has 0 radical (unpaired) electrons. The largest absolute Gasteiger partial charge is 0.490 e. The molecule has 4 fully saturated rings. The molecular weight excluding hydrogens is 330 g/mol. The quantitative estimate of drug-likeness (QED) is 0.556. The van der Waals surface area contributed by atoms with Gasteiger partial charge >= 0.3 is 5.97 Å². The van der Waals surface area contributed by atoms with Crippen molar-refractivity contribution in [3.8, 4) is 5.75 Å². The van der Waals surface area contributed by atoms with E-state index in [0.717, 1.165) is 6.42 Å². The second kappa shape index (κ2) is 5.94. The van der Waals surface area contributed by atoms with Gasteiger partial charge in [-0.1, -0.05) is 12.1 Å². The molecule has 5 rings (SSSR count). The van der Waals surface area contributed by atoms with Gasteiger partial charge in [-0.05, 0) is 43.2 Å². The Morgan fingerprint density at radius 3 is 2.68 bits per heavy atom. The summed E-state index contributed by atoms with van der Waals surface area (Å²) < 4.78 is 45.1. The standard InChI is InChI=1S/C19H22F2O4/c1-23-8-9-24-16-5-3-2-4-13(16)17(22)25-11-18-14-7-6-12(10-15(14)18)19(18,20)21/h2-5,12,14-15H,6-11H2,1H3. The summed E-state index contributed by atoms with van der Waals surface area (Å²) >= 11 is 0. The van der Waals surface area contributed by atoms with Crippen molar-refractivity contribution < 1.29 is 27.8 Å². The van der Waals surface area contributed by atoms with Crippen LogP contribution in [0.4, 0.5) is 8.78 Å². The van der Waals surface area contributed by atoms with Crippen LogP contribution in [0.1, 0.15) is 29.6 Å². The summed E-state index contributed by atoms with van der Waals surface area (Å²) in [5, 5.41) is 0. The number of methoxy groups -OCH3 is 1. The summed E-state index contributed by atoms with van der Waals surface area (Å²) in [4.78, 5) is 12.5. The van der Waals surface area contributed by atoms with E-state index in [0.29, 0.717) is 31.8 Å². The fraction of sp³-hybridized carbons (Fsp3) is 0.632. The minimum Gasteiger partial charge on any atom is -0.490 e. The molecular formula is C19H22F2O4. The van der Waals surface area contributed by atoms with Crippen molar-refractivity contribution in [3.05, 3.63) is 29.8 Å². The van der Waals surface area contributed by atoms with Crippen LogP contribution in [0.5, 0.6) is 5.75 Å². The van der Waals surface area contributed by atoms with Gasteiger partial charge in [0, 0.05) is 13.0 Å². The van der Waals surface area contributed by atoms with Crippen molar-refractivity contribution in [2.75, 3.05) is 26.9 Å². The normalized spacial score (nSPS) is 33.8. The Balaban J connectivity index is 1.44. The molecule has 4 nitrogen and oxygen atoms in total. The van der Waals surface area contributed by atoms with Crippen LogP contribution in [-0.2, 0) is 9.47 Å². The molecule has 0 saturated heterocycles. The predicted molar refractivity (Wildman–Crippen MR) is 85.8 cm³/mol. The monoisotopic (exact) mass is 352 g/mol. The van der Waals surface area contributed by atoms with Gasteiger partial charge in [-0.3, -0.25) is 0 Å². The average Bonchev–Trinajstić information content (AvgIpc) is 3.24. The summed E-state index contributed by atoms with van der Waals surface area (Å²) in [6.45, 7) is 0.495. The first-order valence-corrected chi connectivity index (χ1v) is 8.78. The topological polar surface area (TPSA) is 44.8 Å². The molecule has 0 N–H and O–H groups in total. The van der Waals surface area contributed by atoms with E-state index in [1.54, 1.807) is 31.4 Å². The number of halogens is 2. The van der Waals surface area contributed by atoms with Gasteiger partial charge in [0.2, 0.25) is 0 Å². The Hall–Kier alpha value is -1.69. The van der Waals surface area contributed by atoms with Gasteiger partial charge in [0.25, 0.3) is 5.92 Å². The number of esters is 1. The molecule has 0 aromatic heterocycles. The number of ether oxygens (including phenoxy) is 3. The van der Waals surface area contributed by atoms with Crippen molar-refractivity contribution in [2.45, 2.75) is 25.2 Å². The second-order valence-corrected chi connectivity index (χ2v) is 7.30. The molecule has 4 saturated carbocycles. The van der Waals surface area contributed by atoms with Gasteiger partial charge in [-0.15, -0.1) is 0 Å². The third-order valence-corrected chi connectivity index (χ3v) is 6.29. The van der Waals surface area contributed by atoms with E-state index in [2.05, 4.69) is 0 Å². The van der Waals surface area contributed by atoms with Gasteiger partial charge in [-0.25, -0.2) is 13.6 Å². The number of para-hydroxylation sites is 1. The van der Waals surface area contributed by atoms with Crippen LogP contribution in [0.25, 0.3) is 0 Å². The van der Waals surface area contributed by atoms with Crippen LogP contribution in [0.2, 0.25) is 0 Å². The number of hydrogen-bond donors (Lipinski definition) is 0. The Kier molecular flexibility index (Phi) is 3.98. The average molecular weight is 352 g/mol. The molecule has 1 aromatic carbocycles. The van der Waals surface area contributed by atoms with Crippen LogP contribution in [0, 0.1) is 23.2 Å². The van der Waals surface area contributed by atoms with Gasteiger partial charge in [0.1, 0.15) is 24.5 Å². The highest BCUT2D eigenvalue weighted by Gasteiger charge is 2.85. The molecule has 4 aliphatic carbocycles. The zero-order valence-electron chi connectivity index (χ0n) is 14.2. The third-order valence-electron chi connectivity index (χ3n) is 6.29. The smallest absolute Gasteiger partial charge is 0.341 e. The second-order valence-electron chi connectivity index (χ2n) is 7.30. The van der Waals surface area contributed by atoms with Crippen molar-refractivity contribution in [3.63, 3.8) is 0 Å². The van der Waals surface area contributed by atoms with Crippen molar-refractivity contribution >= 4 is 5.97 Å². The van der Waals surface area contributed by atoms with Crippen LogP contribution in [0.15, 0.2) is 24.3 Å². The number of rotatable bonds is 7. The van der Waals surface area contributed by atoms with Gasteiger partial charge in [0.05, 0.1) is 12.0 Å². The lowest BCUT2D eigenvalue weighted by atomic mass is 9.78. The molecule has 4 bridgehead atoms. The van der Waals surface area contributed by atoms with Crippen molar-refractivity contribution in [2.24, 2.45) is 23.2 Å². The molecule has 4 atom stereocenters. The first kappa shape index (κ1) is 16.8. The molecule has 0 aliphatic heterocycles. The zero-order chi connectivity index (χ0) is 17.7. The minimum atomic E-state index is -2.71. The molecule has 136 valence electrons. The maximum atomic E-state index is 14.6. The lowest BCUT2D eigenvalue weighted by Crippen LogP contribution is -2.42. The summed E-state index contributed by atoms with van der Waals surface area (Å²) in [5.74, 6) is -3.45. The maximum absolute atomic E-state index is 14.6. The molecule has 4 aliphatic rings. The number of carbonyl (C=O) groups excluding carboxylic acids is 1. The van der Waals surface area contributed by atoms with Crippen LogP contribution < -0.4 is 4.74 Å². The Bertz CT molecular complexity index is 671. The zero-order valence-corrected chi connectivity index (χ0v) is 14.2. The fourth-order valence-electron chi connectivity index (χ4n) is 5.02. The van der Waals surface area contributed by atoms with Crippen LogP contribution in [0.3, 0.4) is 0 Å². The summed E-state index contributed by atoms with van der Waals surface area (Å²) in [6, 6.07) is 6.70. The Morgan fingerprint density at radius 2 is 2.00 bits per heavy atom. The SMILES string of the molecule is COCCOc1ccccc1C(=O)OCC12C3CCC(CC31)C2(F)F. The van der Waals surface area contributed by atoms with Crippen LogP contribution >= 0.6 is 0 Å². The predicted octanol–water partition coefficient (Wildman–Crippen LogP) is 3.55. The van der Waals surface area contributed by atoms with Crippen molar-refractivity contribution in [1.29, 1.82) is 0 Å². The molecule has 0 heterocycles. The number of benzene rings is 1. The number of hydrogen-bond acceptors (Lipinski definition) is 4. The van der Waals surface area contributed by atoms with E-state index in [9.17, 15) is 13.6 Å².